The Morgan fingerprint density at radius 2 is 1.70 bits per heavy atom. The van der Waals surface area contributed by atoms with Crippen LogP contribution in [0.2, 0.25) is 0 Å². The first-order chi connectivity index (χ1) is 11.1. The third-order valence-corrected chi connectivity index (χ3v) is 3.35. The fraction of sp³-hybridized carbons (Fsp3) is 0.222. The van der Waals surface area contributed by atoms with Crippen LogP contribution in [0.3, 0.4) is 0 Å². The molecule has 0 heterocycles. The summed E-state index contributed by atoms with van der Waals surface area (Å²) in [4.78, 5) is 10.8. The van der Waals surface area contributed by atoms with Crippen LogP contribution in [-0.4, -0.2) is 29.3 Å². The highest BCUT2D eigenvalue weighted by atomic mass is 16.5. The van der Waals surface area contributed by atoms with Gasteiger partial charge in [0.25, 0.3) is 0 Å². The number of amides is 1. The van der Waals surface area contributed by atoms with E-state index < -0.39 is 0 Å². The molecule has 0 bridgehead atoms. The summed E-state index contributed by atoms with van der Waals surface area (Å²) in [7, 11) is 0. The number of carbonyl (C=O) groups is 1. The average molecular weight is 310 g/mol. The Bertz CT molecular complexity index is 688. The van der Waals surface area contributed by atoms with E-state index in [9.17, 15) is 10.0 Å². The molecule has 0 unspecified atom stereocenters. The maximum absolute atomic E-state index is 10.8. The van der Waals surface area contributed by atoms with Gasteiger partial charge < -0.3 is 4.74 Å². The quantitative estimate of drug-likeness (QED) is 0.505. The molecular formula is C18H18N2O3. The Hall–Kier alpha value is -2.84. The van der Waals surface area contributed by atoms with E-state index >= 15 is 0 Å². The maximum atomic E-state index is 10.8. The molecule has 118 valence electrons. The van der Waals surface area contributed by atoms with Crippen LogP contribution in [0.4, 0.5) is 0 Å². The topological polar surface area (TPSA) is 73.6 Å². The van der Waals surface area contributed by atoms with Crippen molar-refractivity contribution in [2.75, 3.05) is 13.2 Å². The number of hydrogen-bond acceptors (Lipinski definition) is 4. The van der Waals surface area contributed by atoms with E-state index in [0.717, 1.165) is 16.9 Å². The molecule has 0 aromatic heterocycles. The molecule has 0 saturated carbocycles. The monoisotopic (exact) mass is 310 g/mol. The maximum Gasteiger partial charge on any atom is 0.242 e. The van der Waals surface area contributed by atoms with E-state index in [-0.39, 0.29) is 12.5 Å². The normalized spacial score (nSPS) is 9.96. The van der Waals surface area contributed by atoms with Crippen molar-refractivity contribution in [3.63, 3.8) is 0 Å². The smallest absolute Gasteiger partial charge is 0.242 e. The van der Waals surface area contributed by atoms with Crippen LogP contribution in [0.5, 0.6) is 5.75 Å². The van der Waals surface area contributed by atoms with Crippen LogP contribution in [0.25, 0.3) is 11.1 Å². The van der Waals surface area contributed by atoms with Gasteiger partial charge >= 0.3 is 0 Å². The molecule has 2 aromatic carbocycles. The molecule has 1 N–H and O–H groups in total. The molecule has 5 nitrogen and oxygen atoms in total. The van der Waals surface area contributed by atoms with Crippen LogP contribution in [0, 0.1) is 11.3 Å². The Balaban J connectivity index is 1.87. The van der Waals surface area contributed by atoms with Gasteiger partial charge in [-0.25, -0.2) is 5.06 Å². The van der Waals surface area contributed by atoms with Crippen LogP contribution < -0.4 is 4.74 Å². The van der Waals surface area contributed by atoms with E-state index in [1.54, 1.807) is 12.1 Å². The second kappa shape index (κ2) is 7.97. The van der Waals surface area contributed by atoms with Gasteiger partial charge in [0, 0.05) is 13.3 Å². The second-order valence-corrected chi connectivity index (χ2v) is 5.06. The van der Waals surface area contributed by atoms with Gasteiger partial charge in [-0.1, -0.05) is 24.3 Å². The highest BCUT2D eigenvalue weighted by Crippen LogP contribution is 2.22. The molecule has 0 aliphatic heterocycles. The molecule has 0 radical (unpaired) electrons. The average Bonchev–Trinajstić information content (AvgIpc) is 2.59. The molecule has 0 saturated heterocycles. The Morgan fingerprint density at radius 3 is 2.22 bits per heavy atom. The first kappa shape index (κ1) is 16.5. The predicted molar refractivity (Wildman–Crippen MR) is 85.9 cm³/mol. The van der Waals surface area contributed by atoms with Crippen molar-refractivity contribution in [1.29, 1.82) is 5.26 Å². The highest BCUT2D eigenvalue weighted by Gasteiger charge is 2.04. The molecule has 0 aliphatic rings. The summed E-state index contributed by atoms with van der Waals surface area (Å²) in [6.07, 6.45) is 0.549. The molecule has 0 fully saturated rings. The molecule has 5 heteroatoms. The first-order valence-corrected chi connectivity index (χ1v) is 7.30. The SMILES string of the molecule is CC(=O)N(O)CCCOc1ccc(-c2ccc(C#N)cc2)cc1. The van der Waals surface area contributed by atoms with Gasteiger partial charge in [0.05, 0.1) is 24.8 Å². The standard InChI is InChI=1S/C18H18N2O3/c1-14(21)20(22)11-2-12-23-18-9-7-17(8-10-18)16-5-3-15(13-19)4-6-16/h3-10,22H,2,11-12H2,1H3. The van der Waals surface area contributed by atoms with Crippen LogP contribution in [0.1, 0.15) is 18.9 Å². The van der Waals surface area contributed by atoms with Crippen molar-refractivity contribution in [3.05, 3.63) is 54.1 Å². The van der Waals surface area contributed by atoms with Gasteiger partial charge in [-0.2, -0.15) is 5.26 Å². The zero-order valence-corrected chi connectivity index (χ0v) is 12.9. The lowest BCUT2D eigenvalue weighted by atomic mass is 10.0. The summed E-state index contributed by atoms with van der Waals surface area (Å²) in [5, 5.41) is 18.7. The van der Waals surface area contributed by atoms with E-state index in [4.69, 9.17) is 10.00 Å². The molecule has 2 rings (SSSR count). The summed E-state index contributed by atoms with van der Waals surface area (Å²) in [6.45, 7) is 1.97. The Morgan fingerprint density at radius 1 is 1.13 bits per heavy atom. The minimum atomic E-state index is -0.378. The molecular weight excluding hydrogens is 292 g/mol. The minimum absolute atomic E-state index is 0.249. The van der Waals surface area contributed by atoms with Gasteiger partial charge in [-0.3, -0.25) is 10.0 Å². The van der Waals surface area contributed by atoms with Crippen molar-refractivity contribution < 1.29 is 14.7 Å². The van der Waals surface area contributed by atoms with E-state index in [1.165, 1.54) is 6.92 Å². The zero-order chi connectivity index (χ0) is 16.7. The Labute approximate surface area is 135 Å². The van der Waals surface area contributed by atoms with E-state index in [2.05, 4.69) is 6.07 Å². The van der Waals surface area contributed by atoms with Crippen molar-refractivity contribution in [2.45, 2.75) is 13.3 Å². The van der Waals surface area contributed by atoms with Gasteiger partial charge in [0.2, 0.25) is 5.91 Å². The van der Waals surface area contributed by atoms with Crippen LogP contribution >= 0.6 is 0 Å². The van der Waals surface area contributed by atoms with E-state index in [1.807, 2.05) is 36.4 Å². The molecule has 2 aromatic rings. The summed E-state index contributed by atoms with van der Waals surface area (Å²) in [6, 6.07) is 17.1. The lowest BCUT2D eigenvalue weighted by Crippen LogP contribution is -2.26. The summed E-state index contributed by atoms with van der Waals surface area (Å²) < 4.78 is 5.57. The third kappa shape index (κ3) is 4.83. The van der Waals surface area contributed by atoms with Gasteiger partial charge in [-0.15, -0.1) is 0 Å². The molecule has 0 atom stereocenters. The number of benzene rings is 2. The molecule has 1 amide bonds. The lowest BCUT2D eigenvalue weighted by molar-refractivity contribution is -0.163. The second-order valence-electron chi connectivity index (χ2n) is 5.06. The number of rotatable bonds is 6. The number of ether oxygens (including phenoxy) is 1. The molecule has 0 aliphatic carbocycles. The fourth-order valence-electron chi connectivity index (χ4n) is 2.04. The van der Waals surface area contributed by atoms with E-state index in [0.29, 0.717) is 23.7 Å². The Kier molecular flexibility index (Phi) is 5.73. The zero-order valence-electron chi connectivity index (χ0n) is 12.9. The van der Waals surface area contributed by atoms with Crippen molar-refractivity contribution in [1.82, 2.24) is 5.06 Å². The van der Waals surface area contributed by atoms with Gasteiger partial charge in [-0.05, 0) is 35.4 Å². The van der Waals surface area contributed by atoms with Crippen LogP contribution in [0.15, 0.2) is 48.5 Å². The van der Waals surface area contributed by atoms with Gasteiger partial charge in [0.15, 0.2) is 0 Å². The predicted octanol–water partition coefficient (Wildman–Crippen LogP) is 3.23. The number of hydrogen-bond donors (Lipinski definition) is 1. The summed E-state index contributed by atoms with van der Waals surface area (Å²) in [5.74, 6) is 0.353. The summed E-state index contributed by atoms with van der Waals surface area (Å²) in [5.41, 5.74) is 2.71. The summed E-state index contributed by atoms with van der Waals surface area (Å²) >= 11 is 0. The minimum Gasteiger partial charge on any atom is -0.494 e. The number of carbonyl (C=O) groups excluding carboxylic acids is 1. The highest BCUT2D eigenvalue weighted by molar-refractivity contribution is 5.71. The number of nitriles is 1. The number of hydroxylamine groups is 2. The van der Waals surface area contributed by atoms with Crippen molar-refractivity contribution >= 4 is 5.91 Å². The van der Waals surface area contributed by atoms with Crippen molar-refractivity contribution in [2.24, 2.45) is 0 Å². The van der Waals surface area contributed by atoms with Crippen molar-refractivity contribution in [3.8, 4) is 22.9 Å². The van der Waals surface area contributed by atoms with Crippen LogP contribution in [-0.2, 0) is 4.79 Å². The molecule has 23 heavy (non-hydrogen) atoms. The largest absolute Gasteiger partial charge is 0.494 e. The number of nitrogens with zero attached hydrogens (tertiary/aromatic N) is 2. The lowest BCUT2D eigenvalue weighted by Gasteiger charge is -2.12. The molecule has 0 spiro atoms. The third-order valence-electron chi connectivity index (χ3n) is 3.35. The van der Waals surface area contributed by atoms with Gasteiger partial charge in [0.1, 0.15) is 5.75 Å². The fourth-order valence-corrected chi connectivity index (χ4v) is 2.04. The first-order valence-electron chi connectivity index (χ1n) is 7.30.